The van der Waals surface area contributed by atoms with E-state index in [0.717, 1.165) is 44.9 Å². The van der Waals surface area contributed by atoms with Crippen LogP contribution in [0.15, 0.2) is 29.6 Å². The molecule has 1 aliphatic heterocycles. The van der Waals surface area contributed by atoms with Crippen molar-refractivity contribution in [1.29, 1.82) is 0 Å². The molecule has 6 heteroatoms. The molecule has 5 nitrogen and oxygen atoms in total. The van der Waals surface area contributed by atoms with E-state index in [2.05, 4.69) is 44.8 Å². The normalized spacial score (nSPS) is 23.3. The highest BCUT2D eigenvalue weighted by Crippen LogP contribution is 2.32. The number of urea groups is 1. The third kappa shape index (κ3) is 5.04. The highest BCUT2D eigenvalue weighted by molar-refractivity contribution is 7.17. The van der Waals surface area contributed by atoms with E-state index in [0.29, 0.717) is 6.04 Å². The first-order valence-corrected chi connectivity index (χ1v) is 11.9. The van der Waals surface area contributed by atoms with Gasteiger partial charge in [0, 0.05) is 46.3 Å². The Balaban J connectivity index is 1.18. The first-order valence-electron chi connectivity index (χ1n) is 11.0. The lowest BCUT2D eigenvalue weighted by molar-refractivity contribution is 0.194. The summed E-state index contributed by atoms with van der Waals surface area (Å²) in [5.41, 5.74) is 1.41. The van der Waals surface area contributed by atoms with E-state index in [4.69, 9.17) is 0 Å². The molecule has 0 spiro atoms. The van der Waals surface area contributed by atoms with Crippen molar-refractivity contribution in [3.05, 3.63) is 29.6 Å². The first kappa shape index (κ1) is 20.5. The van der Waals surface area contributed by atoms with E-state index in [1.165, 1.54) is 41.6 Å². The Hall–Kier alpha value is -1.79. The topological polar surface area (TPSA) is 38.8 Å². The van der Waals surface area contributed by atoms with Crippen LogP contribution < -0.4 is 10.2 Å². The van der Waals surface area contributed by atoms with E-state index in [-0.39, 0.29) is 6.03 Å². The van der Waals surface area contributed by atoms with Crippen LogP contribution in [0.3, 0.4) is 0 Å². The van der Waals surface area contributed by atoms with Crippen molar-refractivity contribution in [1.82, 2.24) is 15.1 Å². The minimum absolute atomic E-state index is 0.0459. The smallest absolute Gasteiger partial charge is 0.317 e. The van der Waals surface area contributed by atoms with Crippen LogP contribution in [0.25, 0.3) is 10.1 Å². The first-order chi connectivity index (χ1) is 14.1. The molecule has 4 rings (SSSR count). The summed E-state index contributed by atoms with van der Waals surface area (Å²) in [7, 11) is 3.61. The molecule has 0 bridgehead atoms. The lowest BCUT2D eigenvalue weighted by Crippen LogP contribution is -2.47. The number of nitrogens with one attached hydrogen (secondary N) is 1. The number of hydrogen-bond donors (Lipinski definition) is 1. The van der Waals surface area contributed by atoms with Gasteiger partial charge in [0.1, 0.15) is 0 Å². The van der Waals surface area contributed by atoms with Crippen LogP contribution in [0, 0.1) is 5.92 Å². The predicted molar refractivity (Wildman–Crippen MR) is 123 cm³/mol. The van der Waals surface area contributed by atoms with Gasteiger partial charge in [0.15, 0.2) is 0 Å². The number of hydrogen-bond acceptors (Lipinski definition) is 4. The molecule has 0 atom stereocenters. The number of nitrogens with zero attached hydrogens (tertiary/aromatic N) is 3. The molecular weight excluding hydrogens is 380 g/mol. The summed E-state index contributed by atoms with van der Waals surface area (Å²) in [6, 6.07) is 9.32. The molecule has 2 fully saturated rings. The van der Waals surface area contributed by atoms with Gasteiger partial charge in [-0.1, -0.05) is 12.1 Å². The van der Waals surface area contributed by atoms with Crippen LogP contribution in [0.1, 0.15) is 32.1 Å². The third-order valence-electron chi connectivity index (χ3n) is 6.61. The SMILES string of the molecule is CN(C)C(=O)NC1CCC(CCN2CCN(c3cccc4ccsc34)CC2)CC1. The van der Waals surface area contributed by atoms with E-state index in [1.54, 1.807) is 4.90 Å². The maximum absolute atomic E-state index is 11.8. The van der Waals surface area contributed by atoms with Crippen LogP contribution in [-0.4, -0.2) is 68.7 Å². The molecular formula is C23H34N4OS. The molecule has 2 amide bonds. The fourth-order valence-corrected chi connectivity index (χ4v) is 5.64. The monoisotopic (exact) mass is 414 g/mol. The number of carbonyl (C=O) groups excluding carboxylic acids is 1. The van der Waals surface area contributed by atoms with Crippen LogP contribution in [0.5, 0.6) is 0 Å². The van der Waals surface area contributed by atoms with Crippen molar-refractivity contribution >= 4 is 33.1 Å². The molecule has 1 aliphatic carbocycles. The molecule has 1 aromatic carbocycles. The zero-order chi connectivity index (χ0) is 20.2. The molecule has 2 aromatic rings. The molecule has 29 heavy (non-hydrogen) atoms. The van der Waals surface area contributed by atoms with Gasteiger partial charge >= 0.3 is 6.03 Å². The number of fused-ring (bicyclic) bond motifs is 1. The van der Waals surface area contributed by atoms with Gasteiger partial charge in [-0.25, -0.2) is 4.79 Å². The fourth-order valence-electron chi connectivity index (χ4n) is 4.70. The van der Waals surface area contributed by atoms with Gasteiger partial charge < -0.3 is 15.1 Å². The van der Waals surface area contributed by atoms with Gasteiger partial charge in [0.05, 0.1) is 10.4 Å². The molecule has 1 saturated heterocycles. The second-order valence-electron chi connectivity index (χ2n) is 8.80. The zero-order valence-corrected chi connectivity index (χ0v) is 18.6. The van der Waals surface area contributed by atoms with E-state index >= 15 is 0 Å². The van der Waals surface area contributed by atoms with Crippen LogP contribution in [0.4, 0.5) is 10.5 Å². The summed E-state index contributed by atoms with van der Waals surface area (Å²) in [6.07, 6.45) is 6.05. The van der Waals surface area contributed by atoms with Crippen LogP contribution in [0.2, 0.25) is 0 Å². The third-order valence-corrected chi connectivity index (χ3v) is 7.56. The number of benzene rings is 1. The van der Waals surface area contributed by atoms with Crippen molar-refractivity contribution in [2.24, 2.45) is 5.92 Å². The Bertz CT molecular complexity index is 804. The molecule has 2 aliphatic rings. The molecule has 1 saturated carbocycles. The Morgan fingerprint density at radius 3 is 2.59 bits per heavy atom. The molecule has 0 unspecified atom stereocenters. The van der Waals surface area contributed by atoms with E-state index < -0.39 is 0 Å². The largest absolute Gasteiger partial charge is 0.368 e. The average molecular weight is 415 g/mol. The van der Waals surface area contributed by atoms with Gasteiger partial charge in [0.25, 0.3) is 0 Å². The summed E-state index contributed by atoms with van der Waals surface area (Å²) >= 11 is 1.86. The Kier molecular flexibility index (Phi) is 6.60. The number of piperazine rings is 1. The lowest BCUT2D eigenvalue weighted by Gasteiger charge is -2.37. The van der Waals surface area contributed by atoms with Gasteiger partial charge in [-0.05, 0) is 67.5 Å². The molecule has 2 heterocycles. The van der Waals surface area contributed by atoms with E-state index in [1.807, 2.05) is 25.4 Å². The molecule has 1 aromatic heterocycles. The van der Waals surface area contributed by atoms with Crippen molar-refractivity contribution in [2.45, 2.75) is 38.1 Å². The fraction of sp³-hybridized carbons (Fsp3) is 0.609. The van der Waals surface area contributed by atoms with Crippen LogP contribution >= 0.6 is 11.3 Å². The second kappa shape index (κ2) is 9.35. The number of amides is 2. The Morgan fingerprint density at radius 1 is 1.10 bits per heavy atom. The van der Waals surface area contributed by atoms with Crippen molar-refractivity contribution in [3.63, 3.8) is 0 Å². The summed E-state index contributed by atoms with van der Waals surface area (Å²) in [6.45, 7) is 5.79. The van der Waals surface area contributed by atoms with Crippen LogP contribution in [-0.2, 0) is 0 Å². The zero-order valence-electron chi connectivity index (χ0n) is 17.8. The minimum Gasteiger partial charge on any atom is -0.368 e. The Morgan fingerprint density at radius 2 is 1.86 bits per heavy atom. The summed E-state index contributed by atoms with van der Waals surface area (Å²) in [5, 5.41) is 6.71. The quantitative estimate of drug-likeness (QED) is 0.795. The number of anilines is 1. The van der Waals surface area contributed by atoms with Gasteiger partial charge in [-0.15, -0.1) is 11.3 Å². The maximum atomic E-state index is 11.8. The molecule has 158 valence electrons. The number of carbonyl (C=O) groups is 1. The standard InChI is InChI=1S/C23H34N4OS/c1-25(2)23(28)24-20-8-6-18(7-9-20)10-12-26-13-15-27(16-14-26)21-5-3-4-19-11-17-29-22(19)21/h3-5,11,17-18,20H,6-10,12-16H2,1-2H3,(H,24,28). The Labute approximate surface area is 178 Å². The summed E-state index contributed by atoms with van der Waals surface area (Å²) < 4.78 is 1.43. The highest BCUT2D eigenvalue weighted by atomic mass is 32.1. The number of thiophene rings is 1. The van der Waals surface area contributed by atoms with Gasteiger partial charge in [0.2, 0.25) is 0 Å². The number of rotatable bonds is 5. The minimum atomic E-state index is 0.0459. The van der Waals surface area contributed by atoms with Crippen molar-refractivity contribution in [2.75, 3.05) is 51.7 Å². The van der Waals surface area contributed by atoms with Crippen molar-refractivity contribution < 1.29 is 4.79 Å². The molecule has 0 radical (unpaired) electrons. The average Bonchev–Trinajstić information content (AvgIpc) is 3.22. The second-order valence-corrected chi connectivity index (χ2v) is 9.71. The summed E-state index contributed by atoms with van der Waals surface area (Å²) in [5.74, 6) is 0.820. The van der Waals surface area contributed by atoms with E-state index in [9.17, 15) is 4.79 Å². The van der Waals surface area contributed by atoms with Gasteiger partial charge in [-0.2, -0.15) is 0 Å². The highest BCUT2D eigenvalue weighted by Gasteiger charge is 2.24. The van der Waals surface area contributed by atoms with Gasteiger partial charge in [-0.3, -0.25) is 4.90 Å². The predicted octanol–water partition coefficient (Wildman–Crippen LogP) is 4.24. The van der Waals surface area contributed by atoms with Crippen molar-refractivity contribution in [3.8, 4) is 0 Å². The summed E-state index contributed by atoms with van der Waals surface area (Å²) in [4.78, 5) is 18.7. The maximum Gasteiger partial charge on any atom is 0.317 e. The molecule has 1 N–H and O–H groups in total. The lowest BCUT2D eigenvalue weighted by atomic mass is 9.84.